The minimum absolute atomic E-state index is 0.150. The van der Waals surface area contributed by atoms with Gasteiger partial charge in [0.05, 0.1) is 6.10 Å². The van der Waals surface area contributed by atoms with E-state index >= 15 is 0 Å². The van der Waals surface area contributed by atoms with Crippen LogP contribution in [0.25, 0.3) is 0 Å². The van der Waals surface area contributed by atoms with Crippen molar-refractivity contribution in [3.63, 3.8) is 0 Å². The average molecular weight is 386 g/mol. The highest BCUT2D eigenvalue weighted by Gasteiger charge is 2.27. The number of nitrogens with one attached hydrogen (secondary N) is 2. The first-order chi connectivity index (χ1) is 13.3. The van der Waals surface area contributed by atoms with Gasteiger partial charge in [0.15, 0.2) is 5.96 Å². The normalized spacial score (nSPS) is 20.4. The maximum Gasteiger partial charge on any atom is 0.191 e. The van der Waals surface area contributed by atoms with Gasteiger partial charge in [-0.1, -0.05) is 35.9 Å². The van der Waals surface area contributed by atoms with Crippen LogP contribution in [0.15, 0.2) is 46.8 Å². The summed E-state index contributed by atoms with van der Waals surface area (Å²) in [5, 5.41) is 8.96. The van der Waals surface area contributed by atoms with E-state index in [1.54, 1.807) is 11.3 Å². The van der Waals surface area contributed by atoms with Crippen LogP contribution in [-0.2, 0) is 11.2 Å². The molecule has 2 heterocycles. The molecule has 0 saturated carbocycles. The molecule has 146 valence electrons. The molecule has 0 spiro atoms. The lowest BCUT2D eigenvalue weighted by Gasteiger charge is -2.31. The highest BCUT2D eigenvalue weighted by molar-refractivity contribution is 7.09. The third-order valence-electron chi connectivity index (χ3n) is 4.92. The zero-order valence-corrected chi connectivity index (χ0v) is 17.2. The SMILES string of the molecule is CCNC(=NCC1CCCOC1c1ccc(C)cc1)NCCc1cccs1. The Kier molecular flexibility index (Phi) is 7.72. The number of nitrogens with zero attached hydrogens (tertiary/aromatic N) is 1. The second-order valence-corrected chi connectivity index (χ2v) is 8.11. The summed E-state index contributed by atoms with van der Waals surface area (Å²) in [5.41, 5.74) is 2.56. The fourth-order valence-corrected chi connectivity index (χ4v) is 4.17. The van der Waals surface area contributed by atoms with E-state index in [9.17, 15) is 0 Å². The van der Waals surface area contributed by atoms with Gasteiger partial charge < -0.3 is 15.4 Å². The van der Waals surface area contributed by atoms with E-state index in [0.29, 0.717) is 5.92 Å². The maximum absolute atomic E-state index is 6.13. The van der Waals surface area contributed by atoms with Crippen molar-refractivity contribution in [2.75, 3.05) is 26.2 Å². The fourth-order valence-electron chi connectivity index (χ4n) is 3.46. The van der Waals surface area contributed by atoms with Crippen molar-refractivity contribution in [3.05, 3.63) is 57.8 Å². The summed E-state index contributed by atoms with van der Waals surface area (Å²) in [6.07, 6.45) is 3.46. The predicted octanol–water partition coefficient (Wildman–Crippen LogP) is 4.32. The predicted molar refractivity (Wildman–Crippen MR) is 115 cm³/mol. The van der Waals surface area contributed by atoms with Crippen LogP contribution in [0.3, 0.4) is 0 Å². The molecule has 0 radical (unpaired) electrons. The third kappa shape index (κ3) is 6.08. The zero-order valence-electron chi connectivity index (χ0n) is 16.4. The first-order valence-corrected chi connectivity index (χ1v) is 10.9. The summed E-state index contributed by atoms with van der Waals surface area (Å²) < 4.78 is 6.13. The molecule has 0 aliphatic carbocycles. The quantitative estimate of drug-likeness (QED) is 0.551. The van der Waals surface area contributed by atoms with Crippen LogP contribution in [-0.4, -0.2) is 32.2 Å². The number of guanidine groups is 1. The van der Waals surface area contributed by atoms with Crippen LogP contribution in [0.5, 0.6) is 0 Å². The van der Waals surface area contributed by atoms with Gasteiger partial charge in [-0.15, -0.1) is 11.3 Å². The van der Waals surface area contributed by atoms with Gasteiger partial charge in [0.25, 0.3) is 0 Å². The van der Waals surface area contributed by atoms with Crippen LogP contribution in [0.4, 0.5) is 0 Å². The van der Waals surface area contributed by atoms with Crippen molar-refractivity contribution in [2.24, 2.45) is 10.9 Å². The molecule has 5 heteroatoms. The largest absolute Gasteiger partial charge is 0.373 e. The lowest BCUT2D eigenvalue weighted by atomic mass is 9.89. The van der Waals surface area contributed by atoms with Crippen LogP contribution >= 0.6 is 11.3 Å². The molecule has 2 N–H and O–H groups in total. The zero-order chi connectivity index (χ0) is 18.9. The molecular formula is C22H31N3OS. The Morgan fingerprint density at radius 3 is 2.81 bits per heavy atom. The van der Waals surface area contributed by atoms with E-state index in [4.69, 9.17) is 9.73 Å². The number of benzene rings is 1. The first kappa shape index (κ1) is 19.9. The standard InChI is InChI=1S/C22H31N3OS/c1-3-23-22(24-13-12-20-7-5-15-27-20)25-16-19-6-4-14-26-21(19)18-10-8-17(2)9-11-18/h5,7-11,15,19,21H,3-4,6,12-14,16H2,1-2H3,(H2,23,24,25). The Bertz CT molecular complexity index is 697. The molecule has 2 aromatic rings. The minimum atomic E-state index is 0.150. The second-order valence-electron chi connectivity index (χ2n) is 7.08. The number of aliphatic imine (C=N–C) groups is 1. The molecule has 3 rings (SSSR count). The Labute approximate surface area is 167 Å². The number of hydrogen-bond acceptors (Lipinski definition) is 3. The summed E-state index contributed by atoms with van der Waals surface area (Å²) >= 11 is 1.81. The minimum Gasteiger partial charge on any atom is -0.373 e. The van der Waals surface area contributed by atoms with Gasteiger partial charge in [0, 0.05) is 37.0 Å². The topological polar surface area (TPSA) is 45.7 Å². The molecule has 1 aromatic heterocycles. The van der Waals surface area contributed by atoms with Gasteiger partial charge in [-0.3, -0.25) is 4.99 Å². The lowest BCUT2D eigenvalue weighted by molar-refractivity contribution is -0.0250. The molecular weight excluding hydrogens is 354 g/mol. The maximum atomic E-state index is 6.13. The van der Waals surface area contributed by atoms with E-state index in [0.717, 1.165) is 51.5 Å². The van der Waals surface area contributed by atoms with Gasteiger partial charge >= 0.3 is 0 Å². The summed E-state index contributed by atoms with van der Waals surface area (Å²) in [6.45, 7) is 7.63. The lowest BCUT2D eigenvalue weighted by Crippen LogP contribution is -2.39. The summed E-state index contributed by atoms with van der Waals surface area (Å²) in [5.74, 6) is 1.33. The second kappa shape index (κ2) is 10.5. The van der Waals surface area contributed by atoms with Crippen molar-refractivity contribution in [2.45, 2.75) is 39.2 Å². The van der Waals surface area contributed by atoms with Crippen molar-refractivity contribution < 1.29 is 4.74 Å². The molecule has 27 heavy (non-hydrogen) atoms. The van der Waals surface area contributed by atoms with Crippen molar-refractivity contribution in [1.29, 1.82) is 0 Å². The van der Waals surface area contributed by atoms with E-state index in [1.807, 2.05) is 0 Å². The monoisotopic (exact) mass is 385 g/mol. The van der Waals surface area contributed by atoms with Gasteiger partial charge in [0.1, 0.15) is 0 Å². The van der Waals surface area contributed by atoms with Gasteiger partial charge in [-0.05, 0) is 50.1 Å². The number of hydrogen-bond donors (Lipinski definition) is 2. The van der Waals surface area contributed by atoms with Crippen molar-refractivity contribution in [3.8, 4) is 0 Å². The Hall–Kier alpha value is -1.85. The van der Waals surface area contributed by atoms with E-state index in [2.05, 4.69) is 66.3 Å². The van der Waals surface area contributed by atoms with E-state index in [1.165, 1.54) is 16.0 Å². The molecule has 4 nitrogen and oxygen atoms in total. The third-order valence-corrected chi connectivity index (χ3v) is 5.86. The Morgan fingerprint density at radius 2 is 2.07 bits per heavy atom. The summed E-state index contributed by atoms with van der Waals surface area (Å²) in [4.78, 5) is 6.27. The van der Waals surface area contributed by atoms with E-state index < -0.39 is 0 Å². The van der Waals surface area contributed by atoms with Gasteiger partial charge in [0.2, 0.25) is 0 Å². The molecule has 0 amide bonds. The Morgan fingerprint density at radius 1 is 1.22 bits per heavy atom. The molecule has 1 fully saturated rings. The molecule has 1 aliphatic heterocycles. The van der Waals surface area contributed by atoms with Crippen molar-refractivity contribution in [1.82, 2.24) is 10.6 Å². The molecule has 1 aromatic carbocycles. The van der Waals surface area contributed by atoms with Crippen LogP contribution < -0.4 is 10.6 Å². The molecule has 2 atom stereocenters. The molecule has 1 saturated heterocycles. The number of ether oxygens (including phenoxy) is 1. The van der Waals surface area contributed by atoms with Crippen LogP contribution in [0.1, 0.15) is 41.9 Å². The molecule has 0 bridgehead atoms. The molecule has 2 unspecified atom stereocenters. The highest BCUT2D eigenvalue weighted by atomic mass is 32.1. The smallest absolute Gasteiger partial charge is 0.191 e. The molecule has 1 aliphatic rings. The first-order valence-electron chi connectivity index (χ1n) is 9.99. The van der Waals surface area contributed by atoms with Gasteiger partial charge in [-0.2, -0.15) is 0 Å². The Balaban J connectivity index is 1.59. The van der Waals surface area contributed by atoms with Crippen LogP contribution in [0, 0.1) is 12.8 Å². The number of rotatable bonds is 7. The summed E-state index contributed by atoms with van der Waals surface area (Å²) in [6, 6.07) is 13.0. The van der Waals surface area contributed by atoms with Gasteiger partial charge in [-0.25, -0.2) is 0 Å². The van der Waals surface area contributed by atoms with Crippen LogP contribution in [0.2, 0.25) is 0 Å². The fraction of sp³-hybridized carbons (Fsp3) is 0.500. The van der Waals surface area contributed by atoms with E-state index in [-0.39, 0.29) is 6.10 Å². The number of thiophene rings is 1. The highest BCUT2D eigenvalue weighted by Crippen LogP contribution is 2.33. The van der Waals surface area contributed by atoms with Crippen molar-refractivity contribution >= 4 is 17.3 Å². The summed E-state index contributed by atoms with van der Waals surface area (Å²) in [7, 11) is 0. The number of aryl methyl sites for hydroxylation is 1. The average Bonchev–Trinajstić information content (AvgIpc) is 3.20.